The van der Waals surface area contributed by atoms with E-state index < -0.39 is 0 Å². The summed E-state index contributed by atoms with van der Waals surface area (Å²) >= 11 is 0. The maximum atomic E-state index is 5.86. The maximum absolute atomic E-state index is 5.86. The van der Waals surface area contributed by atoms with Gasteiger partial charge in [-0.05, 0) is 17.3 Å². The van der Waals surface area contributed by atoms with Crippen LogP contribution in [-0.2, 0) is 4.74 Å². The number of ether oxygens (including phenoxy) is 1. The smallest absolute Gasteiger partial charge is 0.222 e. The Kier molecular flexibility index (Phi) is 2.18. The summed E-state index contributed by atoms with van der Waals surface area (Å²) < 4.78 is 11.2. The Balaban J connectivity index is 1.82. The molecule has 2 fully saturated rings. The molecule has 2 aliphatic rings. The third-order valence-corrected chi connectivity index (χ3v) is 5.00. The zero-order valence-corrected chi connectivity index (χ0v) is 11.0. The highest BCUT2D eigenvalue weighted by Gasteiger charge is 2.67. The first-order chi connectivity index (χ1) is 7.94. The Morgan fingerprint density at radius 3 is 2.24 bits per heavy atom. The summed E-state index contributed by atoms with van der Waals surface area (Å²) in [4.78, 5) is 0. The first-order valence-corrected chi connectivity index (χ1v) is 6.35. The molecule has 1 aliphatic carbocycles. The van der Waals surface area contributed by atoms with E-state index in [0.29, 0.717) is 11.8 Å². The van der Waals surface area contributed by atoms with Gasteiger partial charge < -0.3 is 9.15 Å². The highest BCUT2D eigenvalue weighted by molar-refractivity contribution is 5.24. The minimum Gasteiger partial charge on any atom is -0.425 e. The molecule has 4 nitrogen and oxygen atoms in total. The Morgan fingerprint density at radius 1 is 1.06 bits per heavy atom. The molecule has 1 aliphatic heterocycles. The van der Waals surface area contributed by atoms with Crippen molar-refractivity contribution in [3.8, 4) is 0 Å². The van der Waals surface area contributed by atoms with Crippen LogP contribution >= 0.6 is 0 Å². The third kappa shape index (κ3) is 1.46. The van der Waals surface area contributed by atoms with Gasteiger partial charge in [-0.15, -0.1) is 10.2 Å². The predicted molar refractivity (Wildman–Crippen MR) is 62.8 cm³/mol. The average molecular weight is 236 g/mol. The van der Waals surface area contributed by atoms with Gasteiger partial charge in [-0.3, -0.25) is 0 Å². The average Bonchev–Trinajstić information content (AvgIpc) is 2.75. The summed E-state index contributed by atoms with van der Waals surface area (Å²) in [6.07, 6.45) is 0.999. The van der Waals surface area contributed by atoms with Gasteiger partial charge in [-0.2, -0.15) is 0 Å². The van der Waals surface area contributed by atoms with Crippen LogP contribution in [-0.4, -0.2) is 23.4 Å². The van der Waals surface area contributed by atoms with Crippen LogP contribution in [0.2, 0.25) is 0 Å². The number of hydrogen-bond donors (Lipinski definition) is 0. The summed E-state index contributed by atoms with van der Waals surface area (Å²) in [5.41, 5.74) is 0.506. The van der Waals surface area contributed by atoms with E-state index in [-0.39, 0.29) is 10.8 Å². The monoisotopic (exact) mass is 236 g/mol. The van der Waals surface area contributed by atoms with Crippen molar-refractivity contribution < 1.29 is 9.15 Å². The van der Waals surface area contributed by atoms with Crippen LogP contribution in [0.25, 0.3) is 0 Å². The molecular weight excluding hydrogens is 216 g/mol. The van der Waals surface area contributed by atoms with E-state index in [0.717, 1.165) is 31.4 Å². The van der Waals surface area contributed by atoms with Crippen molar-refractivity contribution in [1.29, 1.82) is 0 Å². The Bertz CT molecular complexity index is 416. The van der Waals surface area contributed by atoms with E-state index in [4.69, 9.17) is 9.15 Å². The largest absolute Gasteiger partial charge is 0.425 e. The highest BCUT2D eigenvalue weighted by Crippen LogP contribution is 2.73. The summed E-state index contributed by atoms with van der Waals surface area (Å²) in [7, 11) is 0. The molecule has 3 rings (SSSR count). The number of rotatable bonds is 2. The molecule has 0 radical (unpaired) electrons. The molecule has 0 bridgehead atoms. The third-order valence-electron chi connectivity index (χ3n) is 5.00. The van der Waals surface area contributed by atoms with Gasteiger partial charge in [0.25, 0.3) is 0 Å². The fraction of sp³-hybridized carbons (Fsp3) is 0.846. The van der Waals surface area contributed by atoms with Gasteiger partial charge in [0.1, 0.15) is 0 Å². The van der Waals surface area contributed by atoms with Crippen molar-refractivity contribution in [2.45, 2.75) is 46.0 Å². The van der Waals surface area contributed by atoms with Crippen LogP contribution in [0.3, 0.4) is 0 Å². The van der Waals surface area contributed by atoms with Crippen LogP contribution in [0.1, 0.15) is 57.7 Å². The summed E-state index contributed by atoms with van der Waals surface area (Å²) in [5, 5.41) is 8.44. The molecule has 17 heavy (non-hydrogen) atoms. The molecule has 0 amide bonds. The zero-order valence-electron chi connectivity index (χ0n) is 11.0. The molecule has 1 aromatic heterocycles. The molecule has 0 spiro atoms. The van der Waals surface area contributed by atoms with E-state index in [9.17, 15) is 0 Å². The molecule has 1 atom stereocenters. The van der Waals surface area contributed by atoms with E-state index in [1.54, 1.807) is 0 Å². The minimum absolute atomic E-state index is 0.253. The van der Waals surface area contributed by atoms with Crippen molar-refractivity contribution in [3.05, 3.63) is 11.8 Å². The normalized spacial score (nSPS) is 30.7. The second kappa shape index (κ2) is 3.31. The number of aromatic nitrogens is 2. The van der Waals surface area contributed by atoms with E-state index in [1.807, 2.05) is 0 Å². The topological polar surface area (TPSA) is 48.2 Å². The van der Waals surface area contributed by atoms with Crippen LogP contribution < -0.4 is 0 Å². The first-order valence-electron chi connectivity index (χ1n) is 6.35. The molecule has 1 saturated carbocycles. The van der Waals surface area contributed by atoms with Gasteiger partial charge in [-0.25, -0.2) is 0 Å². The number of nitrogens with zero attached hydrogens (tertiary/aromatic N) is 2. The van der Waals surface area contributed by atoms with Gasteiger partial charge in [0.2, 0.25) is 11.8 Å². The molecule has 0 unspecified atom stereocenters. The van der Waals surface area contributed by atoms with Gasteiger partial charge in [-0.1, -0.05) is 27.7 Å². The lowest BCUT2D eigenvalue weighted by Gasteiger charge is -2.03. The van der Waals surface area contributed by atoms with Crippen molar-refractivity contribution in [1.82, 2.24) is 10.2 Å². The summed E-state index contributed by atoms with van der Waals surface area (Å²) in [6, 6.07) is 0. The second-order valence-electron chi connectivity index (χ2n) is 6.42. The molecule has 1 saturated heterocycles. The Morgan fingerprint density at radius 2 is 1.71 bits per heavy atom. The SMILES string of the molecule is CC1(C)C(c2nnc([C@@H]3CCOC3)o2)C1(C)C. The molecule has 1 aromatic rings. The molecule has 4 heteroatoms. The van der Waals surface area contributed by atoms with E-state index in [2.05, 4.69) is 37.9 Å². The fourth-order valence-electron chi connectivity index (χ4n) is 3.07. The lowest BCUT2D eigenvalue weighted by Crippen LogP contribution is -1.97. The minimum atomic E-state index is 0.253. The van der Waals surface area contributed by atoms with Gasteiger partial charge in [0.05, 0.1) is 12.5 Å². The lowest BCUT2D eigenvalue weighted by molar-refractivity contribution is 0.190. The first kappa shape index (κ1) is 11.2. The molecule has 94 valence electrons. The van der Waals surface area contributed by atoms with Crippen molar-refractivity contribution in [2.75, 3.05) is 13.2 Å². The van der Waals surface area contributed by atoms with Crippen molar-refractivity contribution >= 4 is 0 Å². The molecular formula is C13H20N2O2. The molecule has 0 aromatic carbocycles. The van der Waals surface area contributed by atoms with Crippen LogP contribution in [0.5, 0.6) is 0 Å². The molecule has 0 N–H and O–H groups in total. The fourth-order valence-corrected chi connectivity index (χ4v) is 3.07. The second-order valence-corrected chi connectivity index (χ2v) is 6.42. The van der Waals surface area contributed by atoms with Crippen molar-refractivity contribution in [3.63, 3.8) is 0 Å². The zero-order chi connectivity index (χ0) is 12.3. The van der Waals surface area contributed by atoms with Gasteiger partial charge in [0, 0.05) is 12.5 Å². The maximum Gasteiger partial charge on any atom is 0.222 e. The molecule has 2 heterocycles. The Labute approximate surface area is 102 Å². The number of hydrogen-bond acceptors (Lipinski definition) is 4. The van der Waals surface area contributed by atoms with Crippen molar-refractivity contribution in [2.24, 2.45) is 10.8 Å². The quantitative estimate of drug-likeness (QED) is 0.792. The highest BCUT2D eigenvalue weighted by atomic mass is 16.5. The van der Waals surface area contributed by atoms with Gasteiger partial charge >= 0.3 is 0 Å². The predicted octanol–water partition coefficient (Wildman–Crippen LogP) is 2.72. The van der Waals surface area contributed by atoms with Crippen LogP contribution in [0.15, 0.2) is 4.42 Å². The van der Waals surface area contributed by atoms with Gasteiger partial charge in [0.15, 0.2) is 0 Å². The summed E-state index contributed by atoms with van der Waals surface area (Å²) in [5.74, 6) is 2.26. The van der Waals surface area contributed by atoms with Crippen LogP contribution in [0.4, 0.5) is 0 Å². The van der Waals surface area contributed by atoms with E-state index >= 15 is 0 Å². The van der Waals surface area contributed by atoms with E-state index in [1.165, 1.54) is 0 Å². The van der Waals surface area contributed by atoms with Crippen LogP contribution in [0, 0.1) is 10.8 Å². The summed E-state index contributed by atoms with van der Waals surface area (Å²) in [6.45, 7) is 10.6. The standard InChI is InChI=1S/C13H20N2O2/c1-12(2)9(13(12,3)4)11-15-14-10(17-11)8-5-6-16-7-8/h8-9H,5-7H2,1-4H3/t8-/m1/s1. The Hall–Kier alpha value is -0.900. The lowest BCUT2D eigenvalue weighted by atomic mass is 10.0.